The van der Waals surface area contributed by atoms with Crippen LogP contribution in [-0.2, 0) is 9.59 Å². The van der Waals surface area contributed by atoms with E-state index in [0.717, 1.165) is 12.8 Å². The molecule has 0 aromatic carbocycles. The Bertz CT molecular complexity index is 273. The van der Waals surface area contributed by atoms with Gasteiger partial charge in [0, 0.05) is 12.2 Å². The van der Waals surface area contributed by atoms with Gasteiger partial charge in [-0.15, -0.1) is 11.8 Å². The first-order valence-electron chi connectivity index (χ1n) is 5.43. The Morgan fingerprint density at radius 2 is 2.19 bits per heavy atom. The highest BCUT2D eigenvalue weighted by Crippen LogP contribution is 2.29. The third-order valence-corrected chi connectivity index (χ3v) is 3.86. The van der Waals surface area contributed by atoms with Crippen molar-refractivity contribution in [3.63, 3.8) is 0 Å². The van der Waals surface area contributed by atoms with Gasteiger partial charge in [0.15, 0.2) is 0 Å². The smallest absolute Gasteiger partial charge is 0.327 e. The van der Waals surface area contributed by atoms with E-state index in [-0.39, 0.29) is 11.3 Å². The second-order valence-corrected chi connectivity index (χ2v) is 5.18. The molecule has 16 heavy (non-hydrogen) atoms. The predicted molar refractivity (Wildman–Crippen MR) is 63.1 cm³/mol. The third-order valence-electron chi connectivity index (χ3n) is 2.64. The number of carbonyl (C=O) groups excluding carboxylic acids is 1. The minimum atomic E-state index is -0.913. The summed E-state index contributed by atoms with van der Waals surface area (Å²) >= 11 is 1.51. The van der Waals surface area contributed by atoms with Crippen LogP contribution in [-0.4, -0.2) is 45.6 Å². The summed E-state index contributed by atoms with van der Waals surface area (Å²) in [5.74, 6) is -0.499. The Balaban J connectivity index is 2.54. The fraction of sp³-hybridized carbons (Fsp3) is 0.800. The normalized spacial score (nSPS) is 24.8. The van der Waals surface area contributed by atoms with Gasteiger partial charge < -0.3 is 15.7 Å². The number of carboxylic acid groups (broad SMARTS) is 1. The molecule has 0 aromatic heterocycles. The van der Waals surface area contributed by atoms with Crippen LogP contribution >= 0.6 is 11.8 Å². The lowest BCUT2D eigenvalue weighted by atomic mass is 10.2. The number of nitrogens with two attached hydrogens (primary N) is 1. The van der Waals surface area contributed by atoms with Crippen LogP contribution in [0.25, 0.3) is 0 Å². The molecular weight excluding hydrogens is 228 g/mol. The van der Waals surface area contributed by atoms with Gasteiger partial charge in [-0.1, -0.05) is 0 Å². The zero-order chi connectivity index (χ0) is 12.1. The minimum Gasteiger partial charge on any atom is -0.480 e. The lowest BCUT2D eigenvalue weighted by molar-refractivity contribution is -0.148. The molecule has 0 spiro atoms. The van der Waals surface area contributed by atoms with Crippen molar-refractivity contribution in [1.82, 2.24) is 4.90 Å². The van der Waals surface area contributed by atoms with E-state index in [1.807, 2.05) is 6.92 Å². The van der Waals surface area contributed by atoms with Gasteiger partial charge in [-0.3, -0.25) is 4.79 Å². The zero-order valence-corrected chi connectivity index (χ0v) is 10.2. The molecule has 1 rings (SSSR count). The molecule has 1 aliphatic rings. The topological polar surface area (TPSA) is 83.6 Å². The van der Waals surface area contributed by atoms with Crippen molar-refractivity contribution in [2.24, 2.45) is 5.73 Å². The Morgan fingerprint density at radius 3 is 2.75 bits per heavy atom. The Morgan fingerprint density at radius 1 is 1.50 bits per heavy atom. The first-order chi connectivity index (χ1) is 7.57. The second-order valence-electron chi connectivity index (χ2n) is 3.83. The highest BCUT2D eigenvalue weighted by atomic mass is 32.2. The molecule has 2 unspecified atom stereocenters. The second kappa shape index (κ2) is 6.10. The number of carboxylic acids is 1. The fourth-order valence-corrected chi connectivity index (χ4v) is 2.95. The molecule has 0 aliphatic carbocycles. The van der Waals surface area contributed by atoms with Crippen LogP contribution in [0.1, 0.15) is 26.2 Å². The van der Waals surface area contributed by atoms with Gasteiger partial charge in [-0.05, 0) is 26.3 Å². The SMILES string of the molecule is CC1SCC(C(=O)O)N1C(=O)CCCCN. The number of amides is 1. The van der Waals surface area contributed by atoms with Gasteiger partial charge in [0.2, 0.25) is 5.91 Å². The van der Waals surface area contributed by atoms with Crippen LogP contribution in [0.15, 0.2) is 0 Å². The maximum atomic E-state index is 11.9. The number of hydrogen-bond donors (Lipinski definition) is 2. The summed E-state index contributed by atoms with van der Waals surface area (Å²) < 4.78 is 0. The molecule has 1 aliphatic heterocycles. The largest absolute Gasteiger partial charge is 0.480 e. The maximum absolute atomic E-state index is 11.9. The van der Waals surface area contributed by atoms with Crippen molar-refractivity contribution in [2.75, 3.05) is 12.3 Å². The van der Waals surface area contributed by atoms with Crippen molar-refractivity contribution in [3.05, 3.63) is 0 Å². The standard InChI is InChI=1S/C10H18N2O3S/c1-7-12(8(6-16-7)10(14)15)9(13)4-2-3-5-11/h7-8H,2-6,11H2,1H3,(H,14,15). The molecule has 1 amide bonds. The molecule has 0 bridgehead atoms. The van der Waals surface area contributed by atoms with Crippen LogP contribution < -0.4 is 5.73 Å². The molecule has 1 fully saturated rings. The minimum absolute atomic E-state index is 0.0357. The maximum Gasteiger partial charge on any atom is 0.327 e. The third kappa shape index (κ3) is 3.12. The van der Waals surface area contributed by atoms with Gasteiger partial charge in [0.25, 0.3) is 0 Å². The zero-order valence-electron chi connectivity index (χ0n) is 9.39. The van der Waals surface area contributed by atoms with Crippen LogP contribution in [0.3, 0.4) is 0 Å². The van der Waals surface area contributed by atoms with Crippen molar-refractivity contribution in [3.8, 4) is 0 Å². The summed E-state index contributed by atoms with van der Waals surface area (Å²) in [6, 6.07) is -0.662. The molecule has 92 valence electrons. The Labute approximate surface area is 99.4 Å². The first kappa shape index (κ1) is 13.3. The summed E-state index contributed by atoms with van der Waals surface area (Å²) in [6.07, 6.45) is 1.93. The van der Waals surface area contributed by atoms with E-state index in [1.165, 1.54) is 16.7 Å². The lowest BCUT2D eigenvalue weighted by Gasteiger charge is -2.24. The summed E-state index contributed by atoms with van der Waals surface area (Å²) in [5, 5.41) is 8.96. The Kier molecular flexibility index (Phi) is 5.08. The molecule has 3 N–H and O–H groups in total. The van der Waals surface area contributed by atoms with Crippen molar-refractivity contribution >= 4 is 23.6 Å². The number of rotatable bonds is 5. The van der Waals surface area contributed by atoms with E-state index >= 15 is 0 Å². The highest BCUT2D eigenvalue weighted by Gasteiger charge is 2.38. The summed E-state index contributed by atoms with van der Waals surface area (Å²) in [4.78, 5) is 24.3. The van der Waals surface area contributed by atoms with Gasteiger partial charge in [0.05, 0.1) is 5.37 Å². The van der Waals surface area contributed by atoms with Gasteiger partial charge >= 0.3 is 5.97 Å². The van der Waals surface area contributed by atoms with Crippen LogP contribution in [0, 0.1) is 0 Å². The van der Waals surface area contributed by atoms with E-state index in [0.29, 0.717) is 18.7 Å². The van der Waals surface area contributed by atoms with Crippen molar-refractivity contribution in [1.29, 1.82) is 0 Å². The quantitative estimate of drug-likeness (QED) is 0.690. The number of hydrogen-bond acceptors (Lipinski definition) is 4. The number of aliphatic carboxylic acids is 1. The summed E-state index contributed by atoms with van der Waals surface area (Å²) in [5.41, 5.74) is 5.35. The number of carbonyl (C=O) groups is 2. The Hall–Kier alpha value is -0.750. The fourth-order valence-electron chi connectivity index (χ4n) is 1.76. The molecule has 6 heteroatoms. The van der Waals surface area contributed by atoms with Crippen molar-refractivity contribution < 1.29 is 14.7 Å². The summed E-state index contributed by atoms with van der Waals surface area (Å²) in [6.45, 7) is 2.44. The molecule has 5 nitrogen and oxygen atoms in total. The van der Waals surface area contributed by atoms with Crippen LogP contribution in [0.2, 0.25) is 0 Å². The average molecular weight is 246 g/mol. The van der Waals surface area contributed by atoms with E-state index in [2.05, 4.69) is 0 Å². The lowest BCUT2D eigenvalue weighted by Crippen LogP contribution is -2.44. The highest BCUT2D eigenvalue weighted by molar-refractivity contribution is 8.00. The molecule has 1 saturated heterocycles. The van der Waals surface area contributed by atoms with Crippen LogP contribution in [0.4, 0.5) is 0 Å². The molecule has 0 saturated carbocycles. The monoisotopic (exact) mass is 246 g/mol. The van der Waals surface area contributed by atoms with Crippen LogP contribution in [0.5, 0.6) is 0 Å². The van der Waals surface area contributed by atoms with E-state index in [1.54, 1.807) is 0 Å². The van der Waals surface area contributed by atoms with E-state index in [9.17, 15) is 9.59 Å². The van der Waals surface area contributed by atoms with Gasteiger partial charge in [0.1, 0.15) is 6.04 Å². The average Bonchev–Trinajstić information content (AvgIpc) is 2.60. The molecule has 2 atom stereocenters. The number of thioether (sulfide) groups is 1. The van der Waals surface area contributed by atoms with Crippen molar-refractivity contribution in [2.45, 2.75) is 37.6 Å². The number of unbranched alkanes of at least 4 members (excludes halogenated alkanes) is 1. The van der Waals surface area contributed by atoms with Gasteiger partial charge in [-0.2, -0.15) is 0 Å². The summed E-state index contributed by atoms with van der Waals surface area (Å²) in [7, 11) is 0. The first-order valence-corrected chi connectivity index (χ1v) is 6.48. The van der Waals surface area contributed by atoms with E-state index < -0.39 is 12.0 Å². The predicted octanol–water partition coefficient (Wildman–Crippen LogP) is 0.490. The molecule has 1 heterocycles. The molecule has 0 radical (unpaired) electrons. The molecular formula is C10H18N2O3S. The van der Waals surface area contributed by atoms with Gasteiger partial charge in [-0.25, -0.2) is 4.79 Å². The van der Waals surface area contributed by atoms with E-state index in [4.69, 9.17) is 10.8 Å². The molecule has 0 aromatic rings. The number of nitrogens with zero attached hydrogens (tertiary/aromatic N) is 1.